The number of aromatic nitrogens is 2. The highest BCUT2D eigenvalue weighted by atomic mass is 32.1. The quantitative estimate of drug-likeness (QED) is 0.877. The van der Waals surface area contributed by atoms with Gasteiger partial charge in [0.05, 0.1) is 25.9 Å². The molecule has 1 aliphatic rings. The molecule has 0 atom stereocenters. The van der Waals surface area contributed by atoms with Crippen LogP contribution >= 0.6 is 11.3 Å². The molecule has 0 saturated carbocycles. The van der Waals surface area contributed by atoms with Gasteiger partial charge in [-0.25, -0.2) is 0 Å². The summed E-state index contributed by atoms with van der Waals surface area (Å²) in [5, 5.41) is 16.8. The molecule has 1 fully saturated rings. The maximum atomic E-state index is 8.76. The first-order valence-corrected chi connectivity index (χ1v) is 8.09. The number of aliphatic hydroxyl groups excluding tert-OH is 1. The van der Waals surface area contributed by atoms with Crippen molar-refractivity contribution in [3.8, 4) is 11.4 Å². The van der Waals surface area contributed by atoms with Crippen LogP contribution < -0.4 is 0 Å². The van der Waals surface area contributed by atoms with E-state index in [1.165, 1.54) is 0 Å². The van der Waals surface area contributed by atoms with Crippen LogP contribution in [0.15, 0.2) is 21.3 Å². The summed E-state index contributed by atoms with van der Waals surface area (Å²) in [6.07, 6.45) is 2.22. The van der Waals surface area contributed by atoms with Crippen molar-refractivity contribution < 1.29 is 14.4 Å². The molecule has 6 nitrogen and oxygen atoms in total. The predicted molar refractivity (Wildman–Crippen MR) is 78.9 cm³/mol. The smallest absolute Gasteiger partial charge is 0.241 e. The molecule has 1 N–H and O–H groups in total. The summed E-state index contributed by atoms with van der Waals surface area (Å²) >= 11 is 1.62. The van der Waals surface area contributed by atoms with E-state index in [2.05, 4.69) is 15.0 Å². The van der Waals surface area contributed by atoms with Crippen molar-refractivity contribution in [3.05, 3.63) is 22.7 Å². The fourth-order valence-electron chi connectivity index (χ4n) is 2.47. The third kappa shape index (κ3) is 3.88. The molecule has 0 radical (unpaired) electrons. The van der Waals surface area contributed by atoms with E-state index in [9.17, 15) is 0 Å². The summed E-state index contributed by atoms with van der Waals surface area (Å²) in [5.74, 6) is 1.32. The van der Waals surface area contributed by atoms with Gasteiger partial charge in [0.15, 0.2) is 0 Å². The first kappa shape index (κ1) is 14.6. The van der Waals surface area contributed by atoms with Crippen molar-refractivity contribution in [2.24, 2.45) is 0 Å². The molecular weight excluding hydrogens is 290 g/mol. The predicted octanol–water partition coefficient (Wildman–Crippen LogP) is 1.77. The second-order valence-corrected chi connectivity index (χ2v) is 5.87. The molecule has 0 amide bonds. The molecule has 0 unspecified atom stereocenters. The Hall–Kier alpha value is -1.28. The lowest BCUT2D eigenvalue weighted by Gasteiger charge is -2.30. The number of hydrogen-bond acceptors (Lipinski definition) is 7. The van der Waals surface area contributed by atoms with E-state index in [1.807, 2.05) is 16.8 Å². The Labute approximate surface area is 127 Å². The topological polar surface area (TPSA) is 71.6 Å². The monoisotopic (exact) mass is 309 g/mol. The van der Waals surface area contributed by atoms with Gasteiger partial charge in [0.1, 0.15) is 0 Å². The van der Waals surface area contributed by atoms with E-state index < -0.39 is 0 Å². The molecule has 1 aliphatic heterocycles. The van der Waals surface area contributed by atoms with Gasteiger partial charge in [-0.2, -0.15) is 16.3 Å². The minimum atomic E-state index is 0.0908. The van der Waals surface area contributed by atoms with Gasteiger partial charge >= 0.3 is 0 Å². The number of thiophene rings is 1. The molecule has 0 aliphatic carbocycles. The molecule has 2 aromatic rings. The van der Waals surface area contributed by atoms with Crippen LogP contribution in [0.4, 0.5) is 0 Å². The molecular formula is C14H19N3O3S. The molecule has 0 spiro atoms. The third-order valence-corrected chi connectivity index (χ3v) is 4.27. The minimum absolute atomic E-state index is 0.0908. The van der Waals surface area contributed by atoms with Gasteiger partial charge in [-0.05, 0) is 24.3 Å². The summed E-state index contributed by atoms with van der Waals surface area (Å²) in [6, 6.07) is 1.99. The van der Waals surface area contributed by atoms with Crippen LogP contribution in [0.2, 0.25) is 0 Å². The Morgan fingerprint density at radius 3 is 3.00 bits per heavy atom. The molecule has 1 saturated heterocycles. The standard InChI is InChI=1S/C14H19N3O3S/c18-6-7-19-12-1-4-17(5-2-12)9-13-15-14(16-20-13)11-3-8-21-10-11/h3,8,10,12,18H,1-2,4-7,9H2. The third-order valence-electron chi connectivity index (χ3n) is 3.59. The van der Waals surface area contributed by atoms with Gasteiger partial charge in [-0.1, -0.05) is 5.16 Å². The second-order valence-electron chi connectivity index (χ2n) is 5.09. The number of hydrogen-bond donors (Lipinski definition) is 1. The number of rotatable bonds is 6. The number of ether oxygens (including phenoxy) is 1. The minimum Gasteiger partial charge on any atom is -0.394 e. The number of nitrogens with zero attached hydrogens (tertiary/aromatic N) is 3. The van der Waals surface area contributed by atoms with E-state index in [-0.39, 0.29) is 12.7 Å². The average molecular weight is 309 g/mol. The van der Waals surface area contributed by atoms with Crippen molar-refractivity contribution in [2.75, 3.05) is 26.3 Å². The van der Waals surface area contributed by atoms with Gasteiger partial charge in [-0.15, -0.1) is 0 Å². The average Bonchev–Trinajstić information content (AvgIpc) is 3.17. The van der Waals surface area contributed by atoms with Gasteiger partial charge < -0.3 is 14.4 Å². The second kappa shape index (κ2) is 7.13. The fourth-order valence-corrected chi connectivity index (χ4v) is 3.11. The Kier molecular flexibility index (Phi) is 4.97. The lowest BCUT2D eigenvalue weighted by Crippen LogP contribution is -2.37. The van der Waals surface area contributed by atoms with Crippen molar-refractivity contribution >= 4 is 11.3 Å². The van der Waals surface area contributed by atoms with Crippen LogP contribution in [0.1, 0.15) is 18.7 Å². The van der Waals surface area contributed by atoms with Crippen LogP contribution in [0, 0.1) is 0 Å². The van der Waals surface area contributed by atoms with Gasteiger partial charge in [0, 0.05) is 24.0 Å². The summed E-state index contributed by atoms with van der Waals surface area (Å²) in [4.78, 5) is 6.73. The summed E-state index contributed by atoms with van der Waals surface area (Å²) in [5.41, 5.74) is 1.01. The van der Waals surface area contributed by atoms with Gasteiger partial charge in [0.2, 0.25) is 11.7 Å². The molecule has 3 rings (SSSR count). The van der Waals surface area contributed by atoms with E-state index in [0.29, 0.717) is 24.9 Å². The van der Waals surface area contributed by atoms with Crippen molar-refractivity contribution in [3.63, 3.8) is 0 Å². The number of likely N-dealkylation sites (tertiary alicyclic amines) is 1. The molecule has 7 heteroatoms. The molecule has 114 valence electrons. The van der Waals surface area contributed by atoms with Gasteiger partial charge in [0.25, 0.3) is 0 Å². The molecule has 0 bridgehead atoms. The number of piperidine rings is 1. The first-order chi connectivity index (χ1) is 10.3. The first-order valence-electron chi connectivity index (χ1n) is 7.15. The molecule has 3 heterocycles. The SMILES string of the molecule is OCCOC1CCN(Cc2nc(-c3ccsc3)no2)CC1. The maximum Gasteiger partial charge on any atom is 0.241 e. The Balaban J connectivity index is 1.49. The van der Waals surface area contributed by atoms with Gasteiger partial charge in [-0.3, -0.25) is 4.90 Å². The zero-order chi connectivity index (χ0) is 14.5. The normalized spacial score (nSPS) is 17.4. The zero-order valence-corrected chi connectivity index (χ0v) is 12.6. The fraction of sp³-hybridized carbons (Fsp3) is 0.571. The Morgan fingerprint density at radius 2 is 2.29 bits per heavy atom. The van der Waals surface area contributed by atoms with Crippen LogP contribution in [0.25, 0.3) is 11.4 Å². The number of aliphatic hydroxyl groups is 1. The Morgan fingerprint density at radius 1 is 1.43 bits per heavy atom. The van der Waals surface area contributed by atoms with Crippen LogP contribution in [-0.2, 0) is 11.3 Å². The van der Waals surface area contributed by atoms with Crippen molar-refractivity contribution in [1.82, 2.24) is 15.0 Å². The Bertz CT molecular complexity index is 535. The van der Waals surface area contributed by atoms with Crippen molar-refractivity contribution in [2.45, 2.75) is 25.5 Å². The molecule has 2 aromatic heterocycles. The highest BCUT2D eigenvalue weighted by Gasteiger charge is 2.21. The highest BCUT2D eigenvalue weighted by molar-refractivity contribution is 7.08. The lowest BCUT2D eigenvalue weighted by molar-refractivity contribution is -0.0104. The largest absolute Gasteiger partial charge is 0.394 e. The summed E-state index contributed by atoms with van der Waals surface area (Å²) in [6.45, 7) is 3.11. The maximum absolute atomic E-state index is 8.76. The van der Waals surface area contributed by atoms with E-state index in [0.717, 1.165) is 31.5 Å². The van der Waals surface area contributed by atoms with Crippen LogP contribution in [0.5, 0.6) is 0 Å². The summed E-state index contributed by atoms with van der Waals surface area (Å²) in [7, 11) is 0. The van der Waals surface area contributed by atoms with Crippen molar-refractivity contribution in [1.29, 1.82) is 0 Å². The van der Waals surface area contributed by atoms with Crippen LogP contribution in [0.3, 0.4) is 0 Å². The van der Waals surface area contributed by atoms with E-state index in [1.54, 1.807) is 11.3 Å². The lowest BCUT2D eigenvalue weighted by atomic mass is 10.1. The molecule has 0 aromatic carbocycles. The highest BCUT2D eigenvalue weighted by Crippen LogP contribution is 2.20. The molecule has 21 heavy (non-hydrogen) atoms. The van der Waals surface area contributed by atoms with E-state index in [4.69, 9.17) is 14.4 Å². The van der Waals surface area contributed by atoms with E-state index >= 15 is 0 Å². The summed E-state index contributed by atoms with van der Waals surface area (Å²) < 4.78 is 10.9. The zero-order valence-electron chi connectivity index (χ0n) is 11.8. The van der Waals surface area contributed by atoms with Crippen LogP contribution in [-0.4, -0.2) is 52.6 Å².